The van der Waals surface area contributed by atoms with E-state index in [0.29, 0.717) is 16.7 Å². The number of aromatic nitrogens is 1. The lowest BCUT2D eigenvalue weighted by atomic mass is 10.2. The molecule has 1 saturated heterocycles. The molecule has 5 heteroatoms. The molecule has 1 fully saturated rings. The number of rotatable bonds is 4. The maximum absolute atomic E-state index is 5.85. The van der Waals surface area contributed by atoms with Crippen LogP contribution in [0.4, 0.5) is 11.5 Å². The number of nitrogens with zero attached hydrogens (tertiary/aromatic N) is 2. The Morgan fingerprint density at radius 3 is 2.67 bits per heavy atom. The summed E-state index contributed by atoms with van der Waals surface area (Å²) in [5, 5.41) is 3.73. The minimum Gasteiger partial charge on any atom is -0.396 e. The molecule has 0 radical (unpaired) electrons. The zero-order chi connectivity index (χ0) is 12.8. The van der Waals surface area contributed by atoms with E-state index in [0.717, 1.165) is 13.1 Å². The molecule has 2 rings (SSSR count). The number of nitrogens with two attached hydrogens (primary N) is 1. The topological polar surface area (TPSA) is 54.2 Å². The Morgan fingerprint density at radius 2 is 1.94 bits per heavy atom. The zero-order valence-corrected chi connectivity index (χ0v) is 11.4. The maximum atomic E-state index is 5.85. The summed E-state index contributed by atoms with van der Waals surface area (Å²) < 4.78 is 0. The van der Waals surface area contributed by atoms with Gasteiger partial charge in [0.15, 0.2) is 5.82 Å². The van der Waals surface area contributed by atoms with Crippen LogP contribution in [-0.2, 0) is 0 Å². The van der Waals surface area contributed by atoms with Crippen LogP contribution in [0.1, 0.15) is 25.7 Å². The minimum atomic E-state index is 0.474. The number of nitrogens with one attached hydrogen (secondary N) is 1. The summed E-state index contributed by atoms with van der Waals surface area (Å²) >= 11 is 5.85. The van der Waals surface area contributed by atoms with E-state index in [9.17, 15) is 0 Å². The molecule has 1 aromatic heterocycles. The first-order chi connectivity index (χ1) is 8.75. The Hall–Kier alpha value is -1.00. The second kappa shape index (κ2) is 6.81. The van der Waals surface area contributed by atoms with Crippen molar-refractivity contribution >= 4 is 23.1 Å². The summed E-state index contributed by atoms with van der Waals surface area (Å²) in [7, 11) is 0. The molecule has 0 unspecified atom stereocenters. The van der Waals surface area contributed by atoms with E-state index in [1.165, 1.54) is 38.8 Å². The first-order valence-corrected chi connectivity index (χ1v) is 7.02. The third kappa shape index (κ3) is 4.03. The fourth-order valence-corrected chi connectivity index (χ4v) is 2.43. The molecule has 1 aromatic rings. The molecule has 3 N–H and O–H groups in total. The largest absolute Gasteiger partial charge is 0.396 e. The standard InChI is InChI=1S/C13H21ClN4/c14-12-6-5-11(15)13(17-12)16-7-10-18-8-3-1-2-4-9-18/h5-6H,1-4,7-10,15H2,(H,16,17). The van der Waals surface area contributed by atoms with Crippen LogP contribution in [0.5, 0.6) is 0 Å². The minimum absolute atomic E-state index is 0.474. The fraction of sp³-hybridized carbons (Fsp3) is 0.615. The van der Waals surface area contributed by atoms with Crippen LogP contribution in [0.15, 0.2) is 12.1 Å². The number of hydrogen-bond acceptors (Lipinski definition) is 4. The molecule has 0 aliphatic carbocycles. The van der Waals surface area contributed by atoms with Crippen molar-refractivity contribution in [3.63, 3.8) is 0 Å². The molecule has 0 spiro atoms. The first-order valence-electron chi connectivity index (χ1n) is 6.64. The van der Waals surface area contributed by atoms with Gasteiger partial charge in [-0.05, 0) is 38.1 Å². The summed E-state index contributed by atoms with van der Waals surface area (Å²) in [5.41, 5.74) is 6.48. The van der Waals surface area contributed by atoms with Gasteiger partial charge in [-0.25, -0.2) is 4.98 Å². The lowest BCUT2D eigenvalue weighted by Crippen LogP contribution is -2.30. The van der Waals surface area contributed by atoms with Crippen LogP contribution in [0, 0.1) is 0 Å². The van der Waals surface area contributed by atoms with Crippen molar-refractivity contribution in [1.29, 1.82) is 0 Å². The molecule has 18 heavy (non-hydrogen) atoms. The van der Waals surface area contributed by atoms with Gasteiger partial charge in [0.2, 0.25) is 0 Å². The van der Waals surface area contributed by atoms with E-state index >= 15 is 0 Å². The third-order valence-corrected chi connectivity index (χ3v) is 3.52. The maximum Gasteiger partial charge on any atom is 0.151 e. The molecule has 1 aliphatic rings. The van der Waals surface area contributed by atoms with Gasteiger partial charge in [0.25, 0.3) is 0 Å². The zero-order valence-electron chi connectivity index (χ0n) is 10.7. The van der Waals surface area contributed by atoms with Crippen LogP contribution < -0.4 is 11.1 Å². The smallest absolute Gasteiger partial charge is 0.151 e. The summed E-state index contributed by atoms with van der Waals surface area (Å²) in [6.07, 6.45) is 5.37. The number of halogens is 1. The average molecular weight is 269 g/mol. The second-order valence-corrected chi connectivity index (χ2v) is 5.14. The highest BCUT2D eigenvalue weighted by Gasteiger charge is 2.08. The van der Waals surface area contributed by atoms with E-state index in [2.05, 4.69) is 15.2 Å². The summed E-state index contributed by atoms with van der Waals surface area (Å²) in [4.78, 5) is 6.69. The van der Waals surface area contributed by atoms with Crippen molar-refractivity contribution in [3.8, 4) is 0 Å². The van der Waals surface area contributed by atoms with Gasteiger partial charge in [0, 0.05) is 13.1 Å². The van der Waals surface area contributed by atoms with Gasteiger partial charge in [-0.3, -0.25) is 0 Å². The van der Waals surface area contributed by atoms with Crippen LogP contribution in [0.3, 0.4) is 0 Å². The van der Waals surface area contributed by atoms with Crippen LogP contribution >= 0.6 is 11.6 Å². The van der Waals surface area contributed by atoms with Crippen molar-refractivity contribution in [3.05, 3.63) is 17.3 Å². The highest BCUT2D eigenvalue weighted by molar-refractivity contribution is 6.29. The quantitative estimate of drug-likeness (QED) is 0.825. The molecule has 100 valence electrons. The van der Waals surface area contributed by atoms with Crippen molar-refractivity contribution in [2.75, 3.05) is 37.2 Å². The Morgan fingerprint density at radius 1 is 1.22 bits per heavy atom. The van der Waals surface area contributed by atoms with Crippen molar-refractivity contribution in [2.24, 2.45) is 0 Å². The summed E-state index contributed by atoms with van der Waals surface area (Å²) in [5.74, 6) is 0.692. The van der Waals surface area contributed by atoms with Crippen LogP contribution in [0.25, 0.3) is 0 Å². The highest BCUT2D eigenvalue weighted by Crippen LogP contribution is 2.18. The van der Waals surface area contributed by atoms with Gasteiger partial charge < -0.3 is 16.0 Å². The van der Waals surface area contributed by atoms with Crippen molar-refractivity contribution in [2.45, 2.75) is 25.7 Å². The Bertz CT molecular complexity index is 375. The molecular formula is C13H21ClN4. The van der Waals surface area contributed by atoms with E-state index in [1.54, 1.807) is 12.1 Å². The highest BCUT2D eigenvalue weighted by atomic mass is 35.5. The van der Waals surface area contributed by atoms with E-state index in [4.69, 9.17) is 17.3 Å². The molecule has 0 saturated carbocycles. The molecule has 0 amide bonds. The summed E-state index contributed by atoms with van der Waals surface area (Å²) in [6, 6.07) is 3.49. The fourth-order valence-electron chi connectivity index (χ4n) is 2.28. The summed E-state index contributed by atoms with van der Waals surface area (Å²) in [6.45, 7) is 4.31. The monoisotopic (exact) mass is 268 g/mol. The number of anilines is 2. The Labute approximate surface area is 114 Å². The average Bonchev–Trinajstić information content (AvgIpc) is 2.62. The van der Waals surface area contributed by atoms with Crippen molar-refractivity contribution < 1.29 is 0 Å². The predicted molar refractivity (Wildman–Crippen MR) is 77.1 cm³/mol. The van der Waals surface area contributed by atoms with Gasteiger partial charge in [0.1, 0.15) is 5.15 Å². The number of likely N-dealkylation sites (tertiary alicyclic amines) is 1. The molecule has 0 aromatic carbocycles. The van der Waals surface area contributed by atoms with E-state index in [1.807, 2.05) is 0 Å². The molecule has 2 heterocycles. The predicted octanol–water partition coefficient (Wildman–Crippen LogP) is 2.61. The molecule has 1 aliphatic heterocycles. The lowest BCUT2D eigenvalue weighted by molar-refractivity contribution is 0.296. The molecule has 0 bridgehead atoms. The van der Waals surface area contributed by atoms with E-state index in [-0.39, 0.29) is 0 Å². The first kappa shape index (κ1) is 13.4. The van der Waals surface area contributed by atoms with Crippen LogP contribution in [-0.4, -0.2) is 36.1 Å². The van der Waals surface area contributed by atoms with E-state index < -0.39 is 0 Å². The lowest BCUT2D eigenvalue weighted by Gasteiger charge is -2.20. The number of pyridine rings is 1. The Kier molecular flexibility index (Phi) is 5.08. The molecule has 0 atom stereocenters. The molecule has 4 nitrogen and oxygen atoms in total. The normalized spacial score (nSPS) is 17.4. The molecular weight excluding hydrogens is 248 g/mol. The van der Waals surface area contributed by atoms with Gasteiger partial charge in [-0.15, -0.1) is 0 Å². The number of nitrogen functional groups attached to an aromatic ring is 1. The SMILES string of the molecule is Nc1ccc(Cl)nc1NCCN1CCCCCC1. The van der Waals surface area contributed by atoms with Gasteiger partial charge in [-0.1, -0.05) is 24.4 Å². The van der Waals surface area contributed by atoms with Crippen LogP contribution in [0.2, 0.25) is 5.15 Å². The van der Waals surface area contributed by atoms with Crippen molar-refractivity contribution in [1.82, 2.24) is 9.88 Å². The third-order valence-electron chi connectivity index (χ3n) is 3.31. The second-order valence-electron chi connectivity index (χ2n) is 4.75. The Balaban J connectivity index is 1.78. The number of hydrogen-bond donors (Lipinski definition) is 2. The van der Waals surface area contributed by atoms with Gasteiger partial charge in [0.05, 0.1) is 5.69 Å². The van der Waals surface area contributed by atoms with Gasteiger partial charge in [-0.2, -0.15) is 0 Å². The van der Waals surface area contributed by atoms with Gasteiger partial charge >= 0.3 is 0 Å².